The molecule has 0 unspecified atom stereocenters. The zero-order chi connectivity index (χ0) is 21.4. The van der Waals surface area contributed by atoms with Gasteiger partial charge in [-0.15, -0.1) is 0 Å². The number of aromatic nitrogens is 3. The molecule has 0 spiro atoms. The normalized spacial score (nSPS) is 12.1. The first-order valence-corrected chi connectivity index (χ1v) is 9.45. The van der Waals surface area contributed by atoms with Crippen LogP contribution in [0.1, 0.15) is 5.56 Å². The predicted octanol–water partition coefficient (Wildman–Crippen LogP) is 2.09. The molecule has 1 N–H and O–H groups in total. The zero-order valence-corrected chi connectivity index (χ0v) is 15.6. The average molecular weight is 429 g/mol. The molecule has 0 aliphatic rings. The number of alkyl halides is 3. The second-order valence-corrected chi connectivity index (χ2v) is 7.82. The Morgan fingerprint density at radius 3 is 2.41 bits per heavy atom. The number of pyridine rings is 1. The van der Waals surface area contributed by atoms with Gasteiger partial charge in [0.1, 0.15) is 0 Å². The van der Waals surface area contributed by atoms with E-state index < -0.39 is 31.8 Å². The van der Waals surface area contributed by atoms with Gasteiger partial charge in [-0.25, -0.2) is 22.8 Å². The van der Waals surface area contributed by atoms with Crippen LogP contribution in [0.5, 0.6) is 11.8 Å². The third-order valence-corrected chi connectivity index (χ3v) is 5.51. The summed E-state index contributed by atoms with van der Waals surface area (Å²) >= 11 is 0. The van der Waals surface area contributed by atoms with Gasteiger partial charge in [-0.1, -0.05) is 0 Å². The summed E-state index contributed by atoms with van der Waals surface area (Å²) in [6.45, 7) is 0.0683. The van der Waals surface area contributed by atoms with Gasteiger partial charge in [-0.3, -0.25) is 4.57 Å². The number of nitrogens with zero attached hydrogens (tertiary/aromatic N) is 3. The van der Waals surface area contributed by atoms with Crippen molar-refractivity contribution < 1.29 is 31.4 Å². The van der Waals surface area contributed by atoms with E-state index in [1.54, 1.807) is 12.1 Å². The zero-order valence-electron chi connectivity index (χ0n) is 14.8. The maximum Gasteiger partial charge on any atom is 0.501 e. The third-order valence-electron chi connectivity index (χ3n) is 4.01. The lowest BCUT2D eigenvalue weighted by Crippen LogP contribution is -2.24. The Morgan fingerprint density at radius 2 is 1.83 bits per heavy atom. The Kier molecular flexibility index (Phi) is 5.13. The number of aromatic hydroxyl groups is 1. The summed E-state index contributed by atoms with van der Waals surface area (Å²) in [5, 5.41) is 10.1. The van der Waals surface area contributed by atoms with E-state index in [0.29, 0.717) is 11.4 Å². The number of halogens is 3. The van der Waals surface area contributed by atoms with Crippen molar-refractivity contribution in [3.05, 3.63) is 64.8 Å². The minimum atomic E-state index is -5.51. The quantitative estimate of drug-likeness (QED) is 0.666. The Balaban J connectivity index is 1.95. The number of hydrogen-bond acceptors (Lipinski definition) is 6. The number of benzene rings is 1. The van der Waals surface area contributed by atoms with Crippen LogP contribution in [-0.4, -0.2) is 40.3 Å². The molecule has 3 aromatic rings. The van der Waals surface area contributed by atoms with Gasteiger partial charge < -0.3 is 9.84 Å². The Bertz CT molecular complexity index is 1200. The van der Waals surface area contributed by atoms with Crippen molar-refractivity contribution in [1.82, 2.24) is 14.1 Å². The highest BCUT2D eigenvalue weighted by atomic mass is 32.2. The van der Waals surface area contributed by atoms with Crippen LogP contribution in [0.15, 0.2) is 58.5 Å². The molecule has 1 aromatic carbocycles. The number of imidazole rings is 1. The van der Waals surface area contributed by atoms with E-state index in [9.17, 15) is 31.5 Å². The molecular weight excluding hydrogens is 415 g/mol. The monoisotopic (exact) mass is 429 g/mol. The van der Waals surface area contributed by atoms with Crippen LogP contribution in [0, 0.1) is 0 Å². The minimum Gasteiger partial charge on any atom is -0.493 e. The van der Waals surface area contributed by atoms with Crippen LogP contribution >= 0.6 is 0 Å². The second-order valence-electron chi connectivity index (χ2n) is 5.88. The molecule has 12 heteroatoms. The van der Waals surface area contributed by atoms with Crippen LogP contribution in [0.3, 0.4) is 0 Å². The fraction of sp³-hybridized carbons (Fsp3) is 0.176. The Hall–Kier alpha value is -3.28. The lowest BCUT2D eigenvalue weighted by atomic mass is 10.2. The van der Waals surface area contributed by atoms with Gasteiger partial charge >= 0.3 is 11.2 Å². The van der Waals surface area contributed by atoms with Gasteiger partial charge in [0.2, 0.25) is 11.8 Å². The predicted molar refractivity (Wildman–Crippen MR) is 94.8 cm³/mol. The first-order valence-electron chi connectivity index (χ1n) is 7.96. The van der Waals surface area contributed by atoms with Gasteiger partial charge in [0.25, 0.3) is 9.84 Å². The highest BCUT2D eigenvalue weighted by molar-refractivity contribution is 7.92. The number of hydrogen-bond donors (Lipinski definition) is 1. The molecule has 0 atom stereocenters. The molecule has 154 valence electrons. The van der Waals surface area contributed by atoms with Crippen LogP contribution in [-0.2, 0) is 16.4 Å². The van der Waals surface area contributed by atoms with Gasteiger partial charge in [-0.2, -0.15) is 13.2 Å². The van der Waals surface area contributed by atoms with E-state index in [-0.39, 0.29) is 12.2 Å². The lowest BCUT2D eigenvalue weighted by molar-refractivity contribution is -0.0436. The highest BCUT2D eigenvalue weighted by Gasteiger charge is 2.46. The van der Waals surface area contributed by atoms with E-state index in [4.69, 9.17) is 4.74 Å². The molecule has 2 heterocycles. The van der Waals surface area contributed by atoms with Crippen LogP contribution in [0.25, 0.3) is 5.69 Å². The molecule has 0 bridgehead atoms. The molecule has 0 radical (unpaired) electrons. The van der Waals surface area contributed by atoms with E-state index in [0.717, 1.165) is 35.0 Å². The number of rotatable bonds is 5. The van der Waals surface area contributed by atoms with Crippen molar-refractivity contribution in [1.29, 1.82) is 0 Å². The molecule has 0 aliphatic heterocycles. The summed E-state index contributed by atoms with van der Waals surface area (Å²) in [6, 6.07) is 6.67. The summed E-state index contributed by atoms with van der Waals surface area (Å²) in [5.74, 6) is -0.136. The fourth-order valence-corrected chi connectivity index (χ4v) is 3.36. The van der Waals surface area contributed by atoms with Crippen molar-refractivity contribution in [2.45, 2.75) is 16.9 Å². The first kappa shape index (κ1) is 20.5. The Labute approximate surface area is 162 Å². The molecule has 3 rings (SSSR count). The number of sulfone groups is 1. The SMILES string of the molecule is COc1cc(Cn2cc(O)n(-c3ccc(S(=O)(=O)C(F)(F)F)cc3)c2=O)ccn1. The number of methoxy groups -OCH3 is 1. The molecule has 0 aliphatic carbocycles. The maximum atomic E-state index is 12.6. The standard InChI is InChI=1S/C17H14F3N3O5S/c1-28-14-8-11(6-7-21-14)9-22-10-15(24)23(16(22)25)12-2-4-13(5-3-12)29(26,27)17(18,19)20/h2-8,10,24H,9H2,1H3. The first-order chi connectivity index (χ1) is 13.5. The van der Waals surface area contributed by atoms with Gasteiger partial charge in [0, 0.05) is 12.3 Å². The van der Waals surface area contributed by atoms with Crippen LogP contribution in [0.4, 0.5) is 13.2 Å². The molecule has 0 fully saturated rings. The van der Waals surface area contributed by atoms with Crippen molar-refractivity contribution in [3.8, 4) is 17.4 Å². The fourth-order valence-electron chi connectivity index (χ4n) is 2.60. The second kappa shape index (κ2) is 7.28. The number of ether oxygens (including phenoxy) is 1. The largest absolute Gasteiger partial charge is 0.501 e. The molecule has 8 nitrogen and oxygen atoms in total. The van der Waals surface area contributed by atoms with Gasteiger partial charge in [0.15, 0.2) is 0 Å². The minimum absolute atomic E-state index is 0.000293. The van der Waals surface area contributed by atoms with E-state index >= 15 is 0 Å². The smallest absolute Gasteiger partial charge is 0.493 e. The summed E-state index contributed by atoms with van der Waals surface area (Å²) in [5.41, 5.74) is -5.46. The average Bonchev–Trinajstić information content (AvgIpc) is 2.94. The Morgan fingerprint density at radius 1 is 1.17 bits per heavy atom. The molecule has 0 amide bonds. The summed E-state index contributed by atoms with van der Waals surface area (Å²) in [4.78, 5) is 15.6. The molecule has 2 aromatic heterocycles. The van der Waals surface area contributed by atoms with Crippen LogP contribution < -0.4 is 10.4 Å². The maximum absolute atomic E-state index is 12.6. The highest BCUT2D eigenvalue weighted by Crippen LogP contribution is 2.30. The molecule has 0 saturated heterocycles. The van der Waals surface area contributed by atoms with E-state index in [1.165, 1.54) is 17.9 Å². The third kappa shape index (κ3) is 3.83. The van der Waals surface area contributed by atoms with Crippen molar-refractivity contribution >= 4 is 9.84 Å². The van der Waals surface area contributed by atoms with Crippen LogP contribution in [0.2, 0.25) is 0 Å². The summed E-state index contributed by atoms with van der Waals surface area (Å²) in [6.07, 6.45) is 2.63. The van der Waals surface area contributed by atoms with Gasteiger partial charge in [-0.05, 0) is 35.9 Å². The van der Waals surface area contributed by atoms with E-state index in [2.05, 4.69) is 4.98 Å². The molecule has 29 heavy (non-hydrogen) atoms. The topological polar surface area (TPSA) is 103 Å². The van der Waals surface area contributed by atoms with E-state index in [1.807, 2.05) is 0 Å². The summed E-state index contributed by atoms with van der Waals surface area (Å²) in [7, 11) is -4.08. The molecular formula is C17H14F3N3O5S. The van der Waals surface area contributed by atoms with Crippen molar-refractivity contribution in [3.63, 3.8) is 0 Å². The van der Waals surface area contributed by atoms with Gasteiger partial charge in [0.05, 0.1) is 30.4 Å². The molecule has 0 saturated carbocycles. The van der Waals surface area contributed by atoms with Crippen molar-refractivity contribution in [2.24, 2.45) is 0 Å². The van der Waals surface area contributed by atoms with Crippen molar-refractivity contribution in [2.75, 3.05) is 7.11 Å². The summed E-state index contributed by atoms with van der Waals surface area (Å²) < 4.78 is 67.8. The lowest BCUT2D eigenvalue weighted by Gasteiger charge is -2.09.